The van der Waals surface area contributed by atoms with Crippen LogP contribution in [0.2, 0.25) is 0 Å². The Morgan fingerprint density at radius 3 is 2.52 bits per heavy atom. The highest BCUT2D eigenvalue weighted by molar-refractivity contribution is 9.10. The fraction of sp³-hybridized carbons (Fsp3) is 0.533. The van der Waals surface area contributed by atoms with E-state index in [0.717, 1.165) is 41.9 Å². The smallest absolute Gasteiger partial charge is 0.145 e. The van der Waals surface area contributed by atoms with Crippen LogP contribution in [0.25, 0.3) is 0 Å². The summed E-state index contributed by atoms with van der Waals surface area (Å²) in [7, 11) is 0. The molecule has 0 fully saturated rings. The van der Waals surface area contributed by atoms with E-state index in [1.807, 2.05) is 6.07 Å². The lowest BCUT2D eigenvalue weighted by Gasteiger charge is -2.17. The van der Waals surface area contributed by atoms with Gasteiger partial charge in [0.15, 0.2) is 0 Å². The molecule has 0 aromatic carbocycles. The second-order valence-electron chi connectivity index (χ2n) is 4.80. The summed E-state index contributed by atoms with van der Waals surface area (Å²) < 4.78 is 3.18. The molecule has 1 atom stereocenters. The van der Waals surface area contributed by atoms with E-state index in [9.17, 15) is 0 Å². The first-order valence-electron chi connectivity index (χ1n) is 7.45. The van der Waals surface area contributed by atoms with Crippen molar-refractivity contribution < 1.29 is 0 Å². The second-order valence-corrected chi connectivity index (χ2v) is 5.59. The first-order chi connectivity index (χ1) is 10.2. The zero-order valence-electron chi connectivity index (χ0n) is 12.8. The second kappa shape index (κ2) is 7.66. The van der Waals surface area contributed by atoms with E-state index in [-0.39, 0.29) is 6.04 Å². The molecule has 0 amide bonds. The summed E-state index contributed by atoms with van der Waals surface area (Å²) in [4.78, 5) is 8.77. The number of halogens is 1. The number of likely N-dealkylation sites (N-methyl/N-ethyl adjacent to an activating group) is 1. The standard InChI is InChI=1S/C15H22BrN5/c1-4-11-14(16)13(21(6-3)20-11)10-12(17-5-2)15-18-8-7-9-19-15/h7-9,12,17H,4-6,10H2,1-3H3. The van der Waals surface area contributed by atoms with Gasteiger partial charge in [0.05, 0.1) is 21.9 Å². The van der Waals surface area contributed by atoms with Gasteiger partial charge in [0.2, 0.25) is 0 Å². The lowest BCUT2D eigenvalue weighted by molar-refractivity contribution is 0.494. The van der Waals surface area contributed by atoms with Crippen LogP contribution in [0.1, 0.15) is 44.0 Å². The van der Waals surface area contributed by atoms with Gasteiger partial charge in [-0.3, -0.25) is 4.68 Å². The van der Waals surface area contributed by atoms with Crippen molar-refractivity contribution >= 4 is 15.9 Å². The minimum atomic E-state index is 0.0965. The van der Waals surface area contributed by atoms with Crippen molar-refractivity contribution in [2.24, 2.45) is 0 Å². The Hall–Kier alpha value is -1.27. The molecule has 0 spiro atoms. The van der Waals surface area contributed by atoms with Crippen molar-refractivity contribution in [3.8, 4) is 0 Å². The van der Waals surface area contributed by atoms with Crippen LogP contribution < -0.4 is 5.32 Å². The van der Waals surface area contributed by atoms with E-state index in [1.165, 1.54) is 5.69 Å². The molecular weight excluding hydrogens is 330 g/mol. The number of aryl methyl sites for hydroxylation is 2. The Bertz CT molecular complexity index is 567. The molecule has 2 aromatic heterocycles. The van der Waals surface area contributed by atoms with E-state index in [2.05, 4.69) is 61.8 Å². The maximum atomic E-state index is 4.65. The third kappa shape index (κ3) is 3.68. The molecule has 2 heterocycles. The minimum absolute atomic E-state index is 0.0965. The zero-order valence-corrected chi connectivity index (χ0v) is 14.4. The fourth-order valence-electron chi connectivity index (χ4n) is 2.40. The Kier molecular flexibility index (Phi) is 5.87. The third-order valence-electron chi connectivity index (χ3n) is 3.44. The van der Waals surface area contributed by atoms with Crippen LogP contribution in [0.5, 0.6) is 0 Å². The van der Waals surface area contributed by atoms with Crippen molar-refractivity contribution in [3.05, 3.63) is 40.1 Å². The van der Waals surface area contributed by atoms with Crippen LogP contribution in [0.15, 0.2) is 22.9 Å². The maximum Gasteiger partial charge on any atom is 0.145 e. The van der Waals surface area contributed by atoms with Gasteiger partial charge in [0.25, 0.3) is 0 Å². The first-order valence-corrected chi connectivity index (χ1v) is 8.24. The number of nitrogens with zero attached hydrogens (tertiary/aromatic N) is 4. The van der Waals surface area contributed by atoms with Gasteiger partial charge in [-0.05, 0) is 41.9 Å². The summed E-state index contributed by atoms with van der Waals surface area (Å²) >= 11 is 3.70. The monoisotopic (exact) mass is 351 g/mol. The summed E-state index contributed by atoms with van der Waals surface area (Å²) in [5.74, 6) is 0.827. The van der Waals surface area contributed by atoms with Gasteiger partial charge in [-0.1, -0.05) is 13.8 Å². The lowest BCUT2D eigenvalue weighted by atomic mass is 10.1. The predicted molar refractivity (Wildman–Crippen MR) is 87.1 cm³/mol. The highest BCUT2D eigenvalue weighted by Gasteiger charge is 2.20. The van der Waals surface area contributed by atoms with Crippen LogP contribution in [0.4, 0.5) is 0 Å². The molecular formula is C15H22BrN5. The van der Waals surface area contributed by atoms with E-state index < -0.39 is 0 Å². The van der Waals surface area contributed by atoms with Crippen LogP contribution in [-0.2, 0) is 19.4 Å². The van der Waals surface area contributed by atoms with Crippen molar-refractivity contribution in [1.82, 2.24) is 25.1 Å². The highest BCUT2D eigenvalue weighted by Crippen LogP contribution is 2.26. The summed E-state index contributed by atoms with van der Waals surface area (Å²) in [6, 6.07) is 1.94. The number of hydrogen-bond acceptors (Lipinski definition) is 4. The van der Waals surface area contributed by atoms with Crippen LogP contribution >= 0.6 is 15.9 Å². The molecule has 21 heavy (non-hydrogen) atoms. The SMILES string of the molecule is CCNC(Cc1c(Br)c(CC)nn1CC)c1ncccn1. The molecule has 0 saturated carbocycles. The predicted octanol–water partition coefficient (Wildman–Crippen LogP) is 2.91. The van der Waals surface area contributed by atoms with Gasteiger partial charge in [-0.15, -0.1) is 0 Å². The van der Waals surface area contributed by atoms with E-state index >= 15 is 0 Å². The summed E-state index contributed by atoms with van der Waals surface area (Å²) in [5, 5.41) is 8.12. The van der Waals surface area contributed by atoms with Gasteiger partial charge in [0, 0.05) is 25.4 Å². The number of nitrogens with one attached hydrogen (secondary N) is 1. The van der Waals surface area contributed by atoms with E-state index in [4.69, 9.17) is 0 Å². The van der Waals surface area contributed by atoms with Crippen LogP contribution in [-0.4, -0.2) is 26.3 Å². The Labute approximate surface area is 134 Å². The van der Waals surface area contributed by atoms with Gasteiger partial charge >= 0.3 is 0 Å². The van der Waals surface area contributed by atoms with Gasteiger partial charge in [0.1, 0.15) is 5.82 Å². The van der Waals surface area contributed by atoms with Crippen LogP contribution in [0.3, 0.4) is 0 Å². The number of hydrogen-bond donors (Lipinski definition) is 1. The first kappa shape index (κ1) is 16.1. The molecule has 0 bridgehead atoms. The van der Waals surface area contributed by atoms with Crippen LogP contribution in [0, 0.1) is 0 Å². The van der Waals surface area contributed by atoms with Gasteiger partial charge in [-0.25, -0.2) is 9.97 Å². The Morgan fingerprint density at radius 1 is 1.24 bits per heavy atom. The normalized spacial score (nSPS) is 12.6. The van der Waals surface area contributed by atoms with Crippen molar-refractivity contribution in [3.63, 3.8) is 0 Å². The largest absolute Gasteiger partial charge is 0.307 e. The zero-order chi connectivity index (χ0) is 15.2. The van der Waals surface area contributed by atoms with Gasteiger partial charge in [-0.2, -0.15) is 5.10 Å². The van der Waals surface area contributed by atoms with E-state index in [0.29, 0.717) is 0 Å². The number of rotatable bonds is 7. The molecule has 6 heteroatoms. The summed E-state index contributed by atoms with van der Waals surface area (Å²) in [6.45, 7) is 8.08. The molecule has 2 rings (SSSR count). The van der Waals surface area contributed by atoms with Crippen molar-refractivity contribution in [1.29, 1.82) is 0 Å². The molecule has 0 radical (unpaired) electrons. The molecule has 0 aliphatic rings. The third-order valence-corrected chi connectivity index (χ3v) is 4.35. The quantitative estimate of drug-likeness (QED) is 0.833. The van der Waals surface area contributed by atoms with Crippen molar-refractivity contribution in [2.75, 3.05) is 6.54 Å². The molecule has 5 nitrogen and oxygen atoms in total. The fourth-order valence-corrected chi connectivity index (χ4v) is 3.12. The van der Waals surface area contributed by atoms with Gasteiger partial charge < -0.3 is 5.32 Å². The molecule has 0 saturated heterocycles. The molecule has 0 aliphatic carbocycles. The summed E-state index contributed by atoms with van der Waals surface area (Å²) in [5.41, 5.74) is 2.31. The average Bonchev–Trinajstić information content (AvgIpc) is 2.83. The molecule has 1 N–H and O–H groups in total. The van der Waals surface area contributed by atoms with E-state index in [1.54, 1.807) is 12.4 Å². The molecule has 2 aromatic rings. The topological polar surface area (TPSA) is 55.6 Å². The Morgan fingerprint density at radius 2 is 1.95 bits per heavy atom. The summed E-state index contributed by atoms with van der Waals surface area (Å²) in [6.07, 6.45) is 5.32. The lowest BCUT2D eigenvalue weighted by Crippen LogP contribution is -2.26. The molecule has 0 aliphatic heterocycles. The number of aromatic nitrogens is 4. The average molecular weight is 352 g/mol. The molecule has 1 unspecified atom stereocenters. The Balaban J connectivity index is 2.31. The maximum absolute atomic E-state index is 4.65. The molecule has 114 valence electrons. The minimum Gasteiger partial charge on any atom is -0.307 e. The van der Waals surface area contributed by atoms with Crippen molar-refractivity contribution in [2.45, 2.75) is 46.2 Å². The highest BCUT2D eigenvalue weighted by atomic mass is 79.9.